The minimum absolute atomic E-state index is 0.177. The molecule has 0 aromatic heterocycles. The molecule has 2 heteroatoms. The topological polar surface area (TPSA) is 26.3 Å². The minimum atomic E-state index is -0.177. The summed E-state index contributed by atoms with van der Waals surface area (Å²) in [7, 11) is 0. The third kappa shape index (κ3) is 2.61. The van der Waals surface area contributed by atoms with Crippen molar-refractivity contribution in [2.45, 2.75) is 40.5 Å². The number of esters is 1. The molecule has 0 amide bonds. The fraction of sp³-hybridized carbons (Fsp3) is 0.769. The molecule has 0 spiro atoms. The van der Waals surface area contributed by atoms with Gasteiger partial charge < -0.3 is 4.74 Å². The zero-order valence-corrected chi connectivity index (χ0v) is 10.3. The Kier molecular flexibility index (Phi) is 3.58. The van der Waals surface area contributed by atoms with Crippen LogP contribution in [0.3, 0.4) is 0 Å². The van der Waals surface area contributed by atoms with Crippen LogP contribution in [0.4, 0.5) is 0 Å². The van der Waals surface area contributed by atoms with Gasteiger partial charge in [-0.2, -0.15) is 0 Å². The van der Waals surface area contributed by atoms with Crippen LogP contribution in [0.2, 0.25) is 0 Å². The van der Waals surface area contributed by atoms with Gasteiger partial charge in [0.15, 0.2) is 0 Å². The first-order chi connectivity index (χ1) is 6.85. The van der Waals surface area contributed by atoms with E-state index < -0.39 is 0 Å². The first kappa shape index (κ1) is 12.3. The van der Waals surface area contributed by atoms with E-state index in [4.69, 9.17) is 4.74 Å². The van der Waals surface area contributed by atoms with E-state index >= 15 is 0 Å². The van der Waals surface area contributed by atoms with E-state index in [0.29, 0.717) is 23.9 Å². The fourth-order valence-corrected chi connectivity index (χ4v) is 2.69. The Balaban J connectivity index is 2.35. The molecule has 0 N–H and O–H groups in total. The monoisotopic (exact) mass is 210 g/mol. The molecule has 0 aromatic carbocycles. The van der Waals surface area contributed by atoms with Crippen LogP contribution in [0.15, 0.2) is 12.2 Å². The minimum Gasteiger partial charge on any atom is -0.466 e. The van der Waals surface area contributed by atoms with Gasteiger partial charge in [-0.15, -0.1) is 0 Å². The van der Waals surface area contributed by atoms with Crippen LogP contribution < -0.4 is 0 Å². The van der Waals surface area contributed by atoms with Crippen molar-refractivity contribution in [1.29, 1.82) is 0 Å². The molecular formula is C13H22O2. The smallest absolute Gasteiger partial charge is 0.302 e. The van der Waals surface area contributed by atoms with Crippen LogP contribution >= 0.6 is 0 Å². The molecule has 0 bridgehead atoms. The molecule has 0 radical (unpaired) electrons. The molecule has 1 rings (SSSR count). The number of hydrogen-bond acceptors (Lipinski definition) is 2. The molecule has 0 aromatic rings. The SMILES string of the molecule is C=C(C)[C@@H]1C[C@H](CCOC(C)=O)C1(C)C. The second-order valence-electron chi connectivity index (χ2n) is 5.28. The van der Waals surface area contributed by atoms with E-state index in [9.17, 15) is 4.79 Å². The van der Waals surface area contributed by atoms with Gasteiger partial charge in [-0.05, 0) is 37.0 Å². The molecule has 1 saturated carbocycles. The van der Waals surface area contributed by atoms with Crippen LogP contribution in [-0.2, 0) is 9.53 Å². The van der Waals surface area contributed by atoms with Gasteiger partial charge in [0.2, 0.25) is 0 Å². The van der Waals surface area contributed by atoms with Crippen molar-refractivity contribution in [3.63, 3.8) is 0 Å². The third-order valence-corrected chi connectivity index (χ3v) is 3.84. The van der Waals surface area contributed by atoms with E-state index in [1.54, 1.807) is 0 Å². The number of ether oxygens (including phenoxy) is 1. The quantitative estimate of drug-likeness (QED) is 0.526. The molecule has 86 valence electrons. The second-order valence-corrected chi connectivity index (χ2v) is 5.28. The highest BCUT2D eigenvalue weighted by Crippen LogP contribution is 2.55. The number of rotatable bonds is 4. The van der Waals surface area contributed by atoms with E-state index in [0.717, 1.165) is 6.42 Å². The highest BCUT2D eigenvalue weighted by Gasteiger charge is 2.47. The van der Waals surface area contributed by atoms with Gasteiger partial charge in [-0.1, -0.05) is 26.0 Å². The molecule has 15 heavy (non-hydrogen) atoms. The van der Waals surface area contributed by atoms with Crippen molar-refractivity contribution in [3.8, 4) is 0 Å². The van der Waals surface area contributed by atoms with Gasteiger partial charge >= 0.3 is 5.97 Å². The number of allylic oxidation sites excluding steroid dienone is 1. The highest BCUT2D eigenvalue weighted by molar-refractivity contribution is 5.65. The summed E-state index contributed by atoms with van der Waals surface area (Å²) >= 11 is 0. The lowest BCUT2D eigenvalue weighted by Gasteiger charge is -2.53. The Labute approximate surface area is 92.7 Å². The summed E-state index contributed by atoms with van der Waals surface area (Å²) < 4.78 is 4.98. The Hall–Kier alpha value is -0.790. The van der Waals surface area contributed by atoms with E-state index in [1.165, 1.54) is 18.9 Å². The van der Waals surface area contributed by atoms with Crippen LogP contribution in [0.1, 0.15) is 40.5 Å². The molecule has 1 aliphatic carbocycles. The first-order valence-corrected chi connectivity index (χ1v) is 5.64. The number of hydrogen-bond donors (Lipinski definition) is 0. The maximum Gasteiger partial charge on any atom is 0.302 e. The second kappa shape index (κ2) is 4.38. The lowest BCUT2D eigenvalue weighted by molar-refractivity contribution is -0.142. The van der Waals surface area contributed by atoms with Gasteiger partial charge in [0.25, 0.3) is 0 Å². The number of carbonyl (C=O) groups excluding carboxylic acids is 1. The molecule has 0 heterocycles. The van der Waals surface area contributed by atoms with Gasteiger partial charge in [0.1, 0.15) is 0 Å². The van der Waals surface area contributed by atoms with Crippen LogP contribution in [0.25, 0.3) is 0 Å². The zero-order valence-electron chi connectivity index (χ0n) is 10.3. The van der Waals surface area contributed by atoms with Crippen LogP contribution in [0.5, 0.6) is 0 Å². The van der Waals surface area contributed by atoms with Crippen molar-refractivity contribution in [1.82, 2.24) is 0 Å². The summed E-state index contributed by atoms with van der Waals surface area (Å²) in [5.41, 5.74) is 1.61. The maximum atomic E-state index is 10.6. The first-order valence-electron chi connectivity index (χ1n) is 5.64. The Morgan fingerprint density at radius 2 is 2.07 bits per heavy atom. The van der Waals surface area contributed by atoms with Crippen molar-refractivity contribution >= 4 is 5.97 Å². The average molecular weight is 210 g/mol. The molecule has 0 unspecified atom stereocenters. The Morgan fingerprint density at radius 1 is 1.47 bits per heavy atom. The molecule has 2 atom stereocenters. The van der Waals surface area contributed by atoms with Crippen LogP contribution in [0, 0.1) is 17.3 Å². The van der Waals surface area contributed by atoms with E-state index in [2.05, 4.69) is 27.4 Å². The highest BCUT2D eigenvalue weighted by atomic mass is 16.5. The van der Waals surface area contributed by atoms with Gasteiger partial charge in [-0.3, -0.25) is 4.79 Å². The molecule has 1 aliphatic rings. The van der Waals surface area contributed by atoms with Gasteiger partial charge in [-0.25, -0.2) is 0 Å². The normalized spacial score (nSPS) is 28.0. The standard InChI is InChI=1S/C13H22O2/c1-9(2)12-8-11(13(12,4)5)6-7-15-10(3)14/h11-12H,1,6-8H2,2-5H3/t11-,12-/m0/s1. The largest absolute Gasteiger partial charge is 0.466 e. The van der Waals surface area contributed by atoms with Crippen molar-refractivity contribution < 1.29 is 9.53 Å². The molecular weight excluding hydrogens is 188 g/mol. The molecule has 0 saturated heterocycles. The van der Waals surface area contributed by atoms with Gasteiger partial charge in [0, 0.05) is 6.92 Å². The predicted octanol–water partition coefficient (Wildman–Crippen LogP) is 3.18. The summed E-state index contributed by atoms with van der Waals surface area (Å²) in [5, 5.41) is 0. The number of carbonyl (C=O) groups is 1. The lowest BCUT2D eigenvalue weighted by Crippen LogP contribution is -2.45. The van der Waals surface area contributed by atoms with Crippen molar-refractivity contribution in [2.75, 3.05) is 6.61 Å². The summed E-state index contributed by atoms with van der Waals surface area (Å²) in [4.78, 5) is 10.6. The van der Waals surface area contributed by atoms with Crippen LogP contribution in [-0.4, -0.2) is 12.6 Å². The van der Waals surface area contributed by atoms with Crippen molar-refractivity contribution in [2.24, 2.45) is 17.3 Å². The maximum absolute atomic E-state index is 10.6. The third-order valence-electron chi connectivity index (χ3n) is 3.84. The predicted molar refractivity (Wildman–Crippen MR) is 61.4 cm³/mol. The Bertz CT molecular complexity index is 266. The lowest BCUT2D eigenvalue weighted by atomic mass is 9.52. The van der Waals surface area contributed by atoms with Crippen molar-refractivity contribution in [3.05, 3.63) is 12.2 Å². The fourth-order valence-electron chi connectivity index (χ4n) is 2.69. The van der Waals surface area contributed by atoms with E-state index in [-0.39, 0.29) is 5.97 Å². The van der Waals surface area contributed by atoms with E-state index in [1.807, 2.05) is 0 Å². The molecule has 2 nitrogen and oxygen atoms in total. The summed E-state index contributed by atoms with van der Waals surface area (Å²) in [6, 6.07) is 0. The average Bonchev–Trinajstić information content (AvgIpc) is 2.08. The summed E-state index contributed by atoms with van der Waals surface area (Å²) in [6.45, 7) is 12.7. The zero-order chi connectivity index (χ0) is 11.6. The Morgan fingerprint density at radius 3 is 2.47 bits per heavy atom. The summed E-state index contributed by atoms with van der Waals surface area (Å²) in [6.07, 6.45) is 2.18. The molecule has 0 aliphatic heterocycles. The molecule has 1 fully saturated rings. The summed E-state index contributed by atoms with van der Waals surface area (Å²) in [5.74, 6) is 1.13. The van der Waals surface area contributed by atoms with Gasteiger partial charge in [0.05, 0.1) is 6.61 Å².